The number of pyridine rings is 1. The van der Waals surface area contributed by atoms with Crippen molar-refractivity contribution in [3.63, 3.8) is 0 Å². The smallest absolute Gasteiger partial charge is 0.218 e. The zero-order chi connectivity index (χ0) is 18.5. The van der Waals surface area contributed by atoms with Gasteiger partial charge in [-0.05, 0) is 24.1 Å². The number of nitrogens with zero attached hydrogens (tertiary/aromatic N) is 2. The highest BCUT2D eigenvalue weighted by Crippen LogP contribution is 2.24. The number of ketones is 1. The van der Waals surface area contributed by atoms with Crippen molar-refractivity contribution in [1.82, 2.24) is 4.98 Å². The van der Waals surface area contributed by atoms with E-state index in [4.69, 9.17) is 9.47 Å². The second-order valence-corrected chi connectivity index (χ2v) is 6.54. The minimum absolute atomic E-state index is 0.0626. The minimum Gasteiger partial charge on any atom is -0.481 e. The highest BCUT2D eigenvalue weighted by atomic mass is 16.5. The molecule has 0 amide bonds. The Morgan fingerprint density at radius 3 is 2.69 bits per heavy atom. The molecule has 0 radical (unpaired) electrons. The zero-order valence-electron chi connectivity index (χ0n) is 15.5. The number of methoxy groups -OCH3 is 2. The molecule has 1 aromatic heterocycles. The molecule has 0 aliphatic carbocycles. The van der Waals surface area contributed by atoms with Crippen molar-refractivity contribution in [1.29, 1.82) is 0 Å². The number of carbonyl (C=O) groups excluding carboxylic acids is 1. The highest BCUT2D eigenvalue weighted by molar-refractivity contribution is 5.98. The van der Waals surface area contributed by atoms with E-state index < -0.39 is 0 Å². The normalized spacial score (nSPS) is 13.9. The van der Waals surface area contributed by atoms with Gasteiger partial charge in [0.2, 0.25) is 5.90 Å². The first kappa shape index (κ1) is 18.3. The summed E-state index contributed by atoms with van der Waals surface area (Å²) < 4.78 is 10.6. The average Bonchev–Trinajstić information content (AvgIpc) is 3.05. The summed E-state index contributed by atoms with van der Waals surface area (Å²) in [4.78, 5) is 21.6. The molecule has 1 aliphatic heterocycles. The van der Waals surface area contributed by atoms with Crippen molar-refractivity contribution in [3.05, 3.63) is 64.5 Å². The summed E-state index contributed by atoms with van der Waals surface area (Å²) in [5, 5.41) is 0. The molecule has 0 saturated heterocycles. The van der Waals surface area contributed by atoms with Gasteiger partial charge in [-0.3, -0.25) is 9.78 Å². The molecular weight excluding hydrogens is 328 g/mol. The SMILES string of the molecule is COC[C@@H](CC(=O)Cc1cc2c(c(C)n1)C(OC)=NC2)c1ccccc1. The van der Waals surface area contributed by atoms with Crippen molar-refractivity contribution in [3.8, 4) is 0 Å². The molecule has 0 N–H and O–H groups in total. The molecule has 0 unspecified atom stereocenters. The van der Waals surface area contributed by atoms with Gasteiger partial charge in [-0.15, -0.1) is 0 Å². The molecule has 1 aliphatic rings. The lowest BCUT2D eigenvalue weighted by Gasteiger charge is -2.16. The van der Waals surface area contributed by atoms with Crippen LogP contribution in [0.15, 0.2) is 41.4 Å². The van der Waals surface area contributed by atoms with Crippen LogP contribution in [-0.4, -0.2) is 37.5 Å². The Bertz CT molecular complexity index is 816. The number of rotatable bonds is 7. The fourth-order valence-electron chi connectivity index (χ4n) is 3.47. The lowest BCUT2D eigenvalue weighted by Crippen LogP contribution is -2.15. The first-order valence-corrected chi connectivity index (χ1v) is 8.76. The van der Waals surface area contributed by atoms with Crippen molar-refractivity contribution in [2.24, 2.45) is 4.99 Å². The fourth-order valence-corrected chi connectivity index (χ4v) is 3.47. The van der Waals surface area contributed by atoms with Crippen LogP contribution in [0.1, 0.15) is 40.4 Å². The van der Waals surface area contributed by atoms with Crippen LogP contribution < -0.4 is 0 Å². The molecule has 0 spiro atoms. The van der Waals surface area contributed by atoms with E-state index in [0.29, 0.717) is 31.9 Å². The predicted octanol–water partition coefficient (Wildman–Crippen LogP) is 3.23. The van der Waals surface area contributed by atoms with Crippen molar-refractivity contribution in [2.45, 2.75) is 32.2 Å². The Morgan fingerprint density at radius 2 is 2.00 bits per heavy atom. The minimum atomic E-state index is 0.0626. The van der Waals surface area contributed by atoms with Crippen LogP contribution in [0.5, 0.6) is 0 Å². The van der Waals surface area contributed by atoms with Crippen LogP contribution in [0.25, 0.3) is 0 Å². The number of hydrogen-bond acceptors (Lipinski definition) is 5. The van der Waals surface area contributed by atoms with E-state index >= 15 is 0 Å². The van der Waals surface area contributed by atoms with Crippen molar-refractivity contribution < 1.29 is 14.3 Å². The maximum Gasteiger partial charge on any atom is 0.218 e. The molecular formula is C21H24N2O3. The van der Waals surface area contributed by atoms with E-state index in [1.165, 1.54) is 0 Å². The van der Waals surface area contributed by atoms with Gasteiger partial charge in [0.25, 0.3) is 0 Å². The van der Waals surface area contributed by atoms with Gasteiger partial charge in [0.15, 0.2) is 0 Å². The van der Waals surface area contributed by atoms with Gasteiger partial charge in [0, 0.05) is 31.6 Å². The Morgan fingerprint density at radius 1 is 1.23 bits per heavy atom. The number of Topliss-reactive ketones (excluding diaryl/α,β-unsaturated/α-hetero) is 1. The molecule has 26 heavy (non-hydrogen) atoms. The maximum absolute atomic E-state index is 12.7. The molecule has 5 nitrogen and oxygen atoms in total. The Balaban J connectivity index is 1.71. The van der Waals surface area contributed by atoms with Gasteiger partial charge in [0.05, 0.1) is 31.5 Å². The van der Waals surface area contributed by atoms with Gasteiger partial charge in [-0.1, -0.05) is 30.3 Å². The number of aryl methyl sites for hydroxylation is 1. The van der Waals surface area contributed by atoms with Crippen LogP contribution in [0.2, 0.25) is 0 Å². The Labute approximate surface area is 154 Å². The molecule has 1 aromatic carbocycles. The zero-order valence-corrected chi connectivity index (χ0v) is 15.5. The van der Waals surface area contributed by atoms with Gasteiger partial charge < -0.3 is 9.47 Å². The maximum atomic E-state index is 12.7. The lowest BCUT2D eigenvalue weighted by molar-refractivity contribution is -0.119. The third kappa shape index (κ3) is 3.99. The topological polar surface area (TPSA) is 60.8 Å². The quantitative estimate of drug-likeness (QED) is 0.768. The fraction of sp³-hybridized carbons (Fsp3) is 0.381. The van der Waals surface area contributed by atoms with E-state index in [2.05, 4.69) is 9.98 Å². The lowest BCUT2D eigenvalue weighted by atomic mass is 9.93. The number of carbonyl (C=O) groups is 1. The number of benzene rings is 1. The molecule has 2 aromatic rings. The second kappa shape index (κ2) is 8.23. The molecule has 2 heterocycles. The molecule has 0 bridgehead atoms. The van der Waals surface area contributed by atoms with Crippen molar-refractivity contribution in [2.75, 3.05) is 20.8 Å². The van der Waals surface area contributed by atoms with E-state index in [1.807, 2.05) is 43.3 Å². The van der Waals surface area contributed by atoms with E-state index in [0.717, 1.165) is 28.1 Å². The predicted molar refractivity (Wildman–Crippen MR) is 101 cm³/mol. The van der Waals surface area contributed by atoms with Gasteiger partial charge in [0.1, 0.15) is 5.78 Å². The highest BCUT2D eigenvalue weighted by Gasteiger charge is 2.22. The van der Waals surface area contributed by atoms with Crippen LogP contribution in [-0.2, 0) is 27.2 Å². The average molecular weight is 352 g/mol. The summed E-state index contributed by atoms with van der Waals surface area (Å²) in [6.45, 7) is 3.04. The van der Waals surface area contributed by atoms with Gasteiger partial charge in [-0.25, -0.2) is 4.99 Å². The third-order valence-electron chi connectivity index (χ3n) is 4.63. The number of aliphatic imine (C=N–C) groups is 1. The van der Waals surface area contributed by atoms with Gasteiger partial charge >= 0.3 is 0 Å². The van der Waals surface area contributed by atoms with E-state index in [1.54, 1.807) is 14.2 Å². The molecule has 0 saturated carbocycles. The Kier molecular flexibility index (Phi) is 5.78. The van der Waals surface area contributed by atoms with E-state index in [-0.39, 0.29) is 11.7 Å². The first-order valence-electron chi connectivity index (χ1n) is 8.76. The van der Waals surface area contributed by atoms with Crippen LogP contribution in [0.4, 0.5) is 0 Å². The summed E-state index contributed by atoms with van der Waals surface area (Å²) >= 11 is 0. The van der Waals surface area contributed by atoms with Crippen LogP contribution >= 0.6 is 0 Å². The number of aromatic nitrogens is 1. The standard InChI is InChI=1S/C21H24N2O3/c1-14-20-16(12-22-21(20)26-3)9-18(23-14)11-19(24)10-17(13-25-2)15-7-5-4-6-8-15/h4-9,17H,10-13H2,1-3H3/t17-/m1/s1. The second-order valence-electron chi connectivity index (χ2n) is 6.54. The summed E-state index contributed by atoms with van der Waals surface area (Å²) in [5.74, 6) is 0.855. The first-order chi connectivity index (χ1) is 12.6. The summed E-state index contributed by atoms with van der Waals surface area (Å²) in [5.41, 5.74) is 4.82. The molecule has 1 atom stereocenters. The number of ether oxygens (including phenoxy) is 2. The summed E-state index contributed by atoms with van der Waals surface area (Å²) in [6.07, 6.45) is 0.763. The van der Waals surface area contributed by atoms with Crippen molar-refractivity contribution >= 4 is 11.7 Å². The van der Waals surface area contributed by atoms with Gasteiger partial charge in [-0.2, -0.15) is 0 Å². The third-order valence-corrected chi connectivity index (χ3v) is 4.63. The Hall–Kier alpha value is -2.53. The largest absolute Gasteiger partial charge is 0.481 e. The molecule has 5 heteroatoms. The van der Waals surface area contributed by atoms with Crippen LogP contribution in [0, 0.1) is 6.92 Å². The van der Waals surface area contributed by atoms with Crippen LogP contribution in [0.3, 0.4) is 0 Å². The number of fused-ring (bicyclic) bond motifs is 1. The molecule has 136 valence electrons. The number of hydrogen-bond donors (Lipinski definition) is 0. The molecule has 3 rings (SSSR count). The summed E-state index contributed by atoms with van der Waals surface area (Å²) in [6, 6.07) is 12.0. The van der Waals surface area contributed by atoms with E-state index in [9.17, 15) is 4.79 Å². The summed E-state index contributed by atoms with van der Waals surface area (Å²) in [7, 11) is 3.28. The monoisotopic (exact) mass is 352 g/mol. The molecule has 0 fully saturated rings.